The number of nitrogens with zero attached hydrogens (tertiary/aromatic N) is 4. The molecule has 2 fully saturated rings. The third-order valence-electron chi connectivity index (χ3n) is 6.16. The first-order valence-electron chi connectivity index (χ1n) is 10.8. The summed E-state index contributed by atoms with van der Waals surface area (Å²) in [4.78, 5) is 24.6. The zero-order chi connectivity index (χ0) is 20.2. The van der Waals surface area contributed by atoms with E-state index < -0.39 is 0 Å². The third-order valence-corrected chi connectivity index (χ3v) is 6.98. The molecule has 2 aromatic rings. The van der Waals surface area contributed by atoms with Crippen LogP contribution in [0.15, 0.2) is 29.6 Å². The zero-order valence-corrected chi connectivity index (χ0v) is 18.5. The molecule has 0 atom stereocenters. The van der Waals surface area contributed by atoms with E-state index in [4.69, 9.17) is 0 Å². The molecule has 3 heterocycles. The van der Waals surface area contributed by atoms with E-state index in [1.165, 1.54) is 16.8 Å². The maximum absolute atomic E-state index is 13.0. The third kappa shape index (κ3) is 5.44. The topological polar surface area (TPSA) is 39.7 Å². The van der Waals surface area contributed by atoms with Crippen LogP contribution >= 0.6 is 11.3 Å². The van der Waals surface area contributed by atoms with Crippen molar-refractivity contribution in [1.82, 2.24) is 19.7 Å². The highest BCUT2D eigenvalue weighted by atomic mass is 32.1. The molecule has 29 heavy (non-hydrogen) atoms. The Labute approximate surface area is 178 Å². The lowest BCUT2D eigenvalue weighted by atomic mass is 9.95. The van der Waals surface area contributed by atoms with E-state index >= 15 is 0 Å². The number of aryl methyl sites for hydroxylation is 2. The molecule has 2 saturated heterocycles. The van der Waals surface area contributed by atoms with E-state index in [0.717, 1.165) is 70.2 Å². The molecule has 0 unspecified atom stereocenters. The van der Waals surface area contributed by atoms with Crippen LogP contribution in [0.5, 0.6) is 0 Å². The average Bonchev–Trinajstić information content (AvgIpc) is 3.13. The monoisotopic (exact) mass is 412 g/mol. The largest absolute Gasteiger partial charge is 0.340 e. The minimum Gasteiger partial charge on any atom is -0.340 e. The molecule has 0 radical (unpaired) electrons. The first kappa shape index (κ1) is 20.5. The number of amides is 1. The van der Waals surface area contributed by atoms with Crippen LogP contribution in [0.25, 0.3) is 0 Å². The highest BCUT2D eigenvalue weighted by molar-refractivity contribution is 7.09. The summed E-state index contributed by atoms with van der Waals surface area (Å²) < 4.78 is 0. The zero-order valence-electron chi connectivity index (χ0n) is 17.6. The fourth-order valence-electron chi connectivity index (χ4n) is 4.50. The predicted octanol–water partition coefficient (Wildman–Crippen LogP) is 3.32. The average molecular weight is 413 g/mol. The fraction of sp³-hybridized carbons (Fsp3) is 0.565. The normalized spacial score (nSPS) is 19.6. The van der Waals surface area contributed by atoms with Crippen molar-refractivity contribution in [2.45, 2.75) is 39.8 Å². The number of rotatable bonds is 5. The molecule has 1 aromatic heterocycles. The van der Waals surface area contributed by atoms with Gasteiger partial charge in [-0.25, -0.2) is 4.98 Å². The predicted molar refractivity (Wildman–Crippen MR) is 118 cm³/mol. The van der Waals surface area contributed by atoms with Crippen LogP contribution < -0.4 is 0 Å². The molecule has 1 amide bonds. The summed E-state index contributed by atoms with van der Waals surface area (Å²) >= 11 is 1.72. The summed E-state index contributed by atoms with van der Waals surface area (Å²) in [7, 11) is 0. The Balaban J connectivity index is 1.21. The van der Waals surface area contributed by atoms with Gasteiger partial charge in [-0.05, 0) is 45.3 Å². The van der Waals surface area contributed by atoms with Gasteiger partial charge in [0.1, 0.15) is 0 Å². The van der Waals surface area contributed by atoms with E-state index in [2.05, 4.69) is 63.2 Å². The number of benzene rings is 1. The summed E-state index contributed by atoms with van der Waals surface area (Å²) in [5, 5.41) is 3.29. The van der Waals surface area contributed by atoms with Crippen LogP contribution in [0.4, 0.5) is 0 Å². The van der Waals surface area contributed by atoms with Gasteiger partial charge in [0.25, 0.3) is 0 Å². The molecule has 4 rings (SSSR count). The lowest BCUT2D eigenvalue weighted by molar-refractivity contribution is -0.139. The van der Waals surface area contributed by atoms with E-state index in [1.54, 1.807) is 11.3 Å². The molecule has 6 heteroatoms. The molecule has 0 N–H and O–H groups in total. The number of piperidine rings is 1. The van der Waals surface area contributed by atoms with Crippen LogP contribution in [0.1, 0.15) is 34.7 Å². The first-order valence-corrected chi connectivity index (χ1v) is 11.6. The number of hydrogen-bond acceptors (Lipinski definition) is 5. The summed E-state index contributed by atoms with van der Waals surface area (Å²) in [6.07, 6.45) is 1.96. The molecule has 2 aliphatic heterocycles. The van der Waals surface area contributed by atoms with Gasteiger partial charge in [-0.2, -0.15) is 0 Å². The van der Waals surface area contributed by atoms with Crippen molar-refractivity contribution in [2.75, 3.05) is 39.3 Å². The van der Waals surface area contributed by atoms with Gasteiger partial charge in [0, 0.05) is 50.6 Å². The SMILES string of the molecule is Cc1cccc(CN2CCN(C(=O)C3CCN(Cc4csc(C)n4)CC3)CC2)c1. The second-order valence-electron chi connectivity index (χ2n) is 8.50. The molecular formula is C23H32N4OS. The number of aromatic nitrogens is 1. The Kier molecular flexibility index (Phi) is 6.63. The van der Waals surface area contributed by atoms with Crippen molar-refractivity contribution < 1.29 is 4.79 Å². The Hall–Kier alpha value is -1.76. The number of carbonyl (C=O) groups excluding carboxylic acids is 1. The van der Waals surface area contributed by atoms with Crippen molar-refractivity contribution in [3.8, 4) is 0 Å². The minimum absolute atomic E-state index is 0.201. The number of thiazole rings is 1. The van der Waals surface area contributed by atoms with Gasteiger partial charge in [-0.15, -0.1) is 11.3 Å². The van der Waals surface area contributed by atoms with Gasteiger partial charge in [-0.1, -0.05) is 29.8 Å². The summed E-state index contributed by atoms with van der Waals surface area (Å²) in [6.45, 7) is 11.8. The summed E-state index contributed by atoms with van der Waals surface area (Å²) in [5.74, 6) is 0.580. The Bertz CT molecular complexity index is 820. The molecule has 1 aromatic carbocycles. The Morgan fingerprint density at radius 2 is 1.76 bits per heavy atom. The second-order valence-corrected chi connectivity index (χ2v) is 9.56. The van der Waals surface area contributed by atoms with Gasteiger partial charge in [0.2, 0.25) is 5.91 Å². The van der Waals surface area contributed by atoms with Gasteiger partial charge in [-0.3, -0.25) is 14.6 Å². The van der Waals surface area contributed by atoms with Crippen LogP contribution in [0.3, 0.4) is 0 Å². The van der Waals surface area contributed by atoms with Gasteiger partial charge < -0.3 is 4.90 Å². The lowest BCUT2D eigenvalue weighted by Crippen LogP contribution is -2.51. The van der Waals surface area contributed by atoms with Crippen molar-refractivity contribution in [2.24, 2.45) is 5.92 Å². The summed E-state index contributed by atoms with van der Waals surface area (Å²) in [6, 6.07) is 8.74. The highest BCUT2D eigenvalue weighted by Crippen LogP contribution is 2.22. The van der Waals surface area contributed by atoms with E-state index in [9.17, 15) is 4.79 Å². The van der Waals surface area contributed by atoms with E-state index in [0.29, 0.717) is 5.91 Å². The highest BCUT2D eigenvalue weighted by Gasteiger charge is 2.30. The molecule has 0 spiro atoms. The second kappa shape index (κ2) is 9.37. The van der Waals surface area contributed by atoms with Crippen molar-refractivity contribution in [3.63, 3.8) is 0 Å². The van der Waals surface area contributed by atoms with E-state index in [-0.39, 0.29) is 5.92 Å². The molecule has 156 valence electrons. The van der Waals surface area contributed by atoms with Crippen molar-refractivity contribution in [1.29, 1.82) is 0 Å². The molecule has 5 nitrogen and oxygen atoms in total. The molecule has 2 aliphatic rings. The molecule has 0 saturated carbocycles. The number of hydrogen-bond donors (Lipinski definition) is 0. The van der Waals surface area contributed by atoms with Crippen LogP contribution in [0.2, 0.25) is 0 Å². The summed E-state index contributed by atoms with van der Waals surface area (Å²) in [5.41, 5.74) is 3.85. The first-order chi connectivity index (χ1) is 14.1. The minimum atomic E-state index is 0.201. The quantitative estimate of drug-likeness (QED) is 0.755. The molecular weight excluding hydrogens is 380 g/mol. The maximum Gasteiger partial charge on any atom is 0.225 e. The lowest BCUT2D eigenvalue weighted by Gasteiger charge is -2.38. The van der Waals surface area contributed by atoms with E-state index in [1.807, 2.05) is 0 Å². The molecule has 0 aliphatic carbocycles. The standard InChI is InChI=1S/C23H32N4OS/c1-18-4-3-5-20(14-18)15-26-10-12-27(13-11-26)23(28)21-6-8-25(9-7-21)16-22-17-29-19(2)24-22/h3-5,14,17,21H,6-13,15-16H2,1-2H3. The van der Waals surface area contributed by atoms with Crippen LogP contribution in [-0.2, 0) is 17.9 Å². The van der Waals surface area contributed by atoms with Crippen LogP contribution in [-0.4, -0.2) is 64.9 Å². The van der Waals surface area contributed by atoms with Crippen molar-refractivity contribution >= 4 is 17.2 Å². The van der Waals surface area contributed by atoms with Gasteiger partial charge in [0.05, 0.1) is 10.7 Å². The van der Waals surface area contributed by atoms with Crippen molar-refractivity contribution in [3.05, 3.63) is 51.5 Å². The fourth-order valence-corrected chi connectivity index (χ4v) is 5.11. The number of carbonyl (C=O) groups is 1. The maximum atomic E-state index is 13.0. The Morgan fingerprint density at radius 3 is 2.41 bits per heavy atom. The van der Waals surface area contributed by atoms with Gasteiger partial charge in [0.15, 0.2) is 0 Å². The smallest absolute Gasteiger partial charge is 0.225 e. The number of piperazine rings is 1. The Morgan fingerprint density at radius 1 is 1.03 bits per heavy atom. The van der Waals surface area contributed by atoms with Crippen LogP contribution in [0, 0.1) is 19.8 Å². The van der Waals surface area contributed by atoms with Gasteiger partial charge >= 0.3 is 0 Å². The molecule has 0 bridgehead atoms. The number of likely N-dealkylation sites (tertiary alicyclic amines) is 1.